The standard InChI is InChI=1S/C9H8BrClFNO2/c10-6-3-1-2-5(8(6)12)4-7(13)9(14)15-11/h1-3,7H,4,13H2. The van der Waals surface area contributed by atoms with Gasteiger partial charge in [-0.3, -0.25) is 0 Å². The van der Waals surface area contributed by atoms with Gasteiger partial charge in [0.1, 0.15) is 23.7 Å². The van der Waals surface area contributed by atoms with E-state index in [-0.39, 0.29) is 6.42 Å². The second-order valence-corrected chi connectivity index (χ2v) is 3.93. The van der Waals surface area contributed by atoms with Crippen molar-refractivity contribution in [2.24, 2.45) is 5.73 Å². The number of hydrogen-bond acceptors (Lipinski definition) is 3. The average Bonchev–Trinajstić information content (AvgIpc) is 2.23. The quantitative estimate of drug-likeness (QED) is 0.930. The number of carbonyl (C=O) groups is 1. The molecule has 1 unspecified atom stereocenters. The first-order valence-corrected chi connectivity index (χ1v) is 5.17. The van der Waals surface area contributed by atoms with Gasteiger partial charge in [0.25, 0.3) is 0 Å². The van der Waals surface area contributed by atoms with E-state index in [0.29, 0.717) is 10.0 Å². The van der Waals surface area contributed by atoms with Crippen LogP contribution in [0.15, 0.2) is 22.7 Å². The maximum Gasteiger partial charge on any atom is 0.341 e. The summed E-state index contributed by atoms with van der Waals surface area (Å²) in [6, 6.07) is 3.79. The fraction of sp³-hybridized carbons (Fsp3) is 0.222. The van der Waals surface area contributed by atoms with Crippen molar-refractivity contribution in [1.29, 1.82) is 0 Å². The number of nitrogens with two attached hydrogens (primary N) is 1. The predicted molar refractivity (Wildman–Crippen MR) is 57.7 cm³/mol. The molecule has 0 heterocycles. The smallest absolute Gasteiger partial charge is 0.341 e. The SMILES string of the molecule is NC(Cc1cccc(Br)c1F)C(=O)OCl. The Bertz CT molecular complexity index is 375. The van der Waals surface area contributed by atoms with Gasteiger partial charge in [-0.25, -0.2) is 9.18 Å². The van der Waals surface area contributed by atoms with Gasteiger partial charge in [0, 0.05) is 6.42 Å². The minimum absolute atomic E-state index is 0.0385. The first kappa shape index (κ1) is 12.4. The van der Waals surface area contributed by atoms with E-state index in [4.69, 9.17) is 17.6 Å². The molecule has 0 spiro atoms. The van der Waals surface area contributed by atoms with Crippen LogP contribution in [0.4, 0.5) is 4.39 Å². The number of hydrogen-bond donors (Lipinski definition) is 1. The van der Waals surface area contributed by atoms with Crippen LogP contribution in [0, 0.1) is 5.82 Å². The van der Waals surface area contributed by atoms with Crippen LogP contribution in [0.1, 0.15) is 5.56 Å². The highest BCUT2D eigenvalue weighted by Gasteiger charge is 2.18. The minimum atomic E-state index is -0.966. The van der Waals surface area contributed by atoms with Crippen molar-refractivity contribution in [1.82, 2.24) is 0 Å². The average molecular weight is 297 g/mol. The first-order chi connectivity index (χ1) is 7.06. The van der Waals surface area contributed by atoms with Crippen LogP contribution >= 0.6 is 27.8 Å². The van der Waals surface area contributed by atoms with Gasteiger partial charge in [-0.15, -0.1) is 0 Å². The topological polar surface area (TPSA) is 52.3 Å². The number of carbonyl (C=O) groups excluding carboxylic acids is 1. The predicted octanol–water partition coefficient (Wildman–Crippen LogP) is 2.16. The molecule has 1 aromatic carbocycles. The Hall–Kier alpha value is -0.650. The summed E-state index contributed by atoms with van der Waals surface area (Å²) < 4.78 is 17.7. The highest BCUT2D eigenvalue weighted by atomic mass is 79.9. The Morgan fingerprint density at radius 2 is 2.33 bits per heavy atom. The summed E-state index contributed by atoms with van der Waals surface area (Å²) in [6.45, 7) is 0. The molecule has 0 amide bonds. The molecule has 15 heavy (non-hydrogen) atoms. The van der Waals surface area contributed by atoms with E-state index >= 15 is 0 Å². The molecule has 2 N–H and O–H groups in total. The molecule has 3 nitrogen and oxygen atoms in total. The van der Waals surface area contributed by atoms with Gasteiger partial charge >= 0.3 is 5.97 Å². The van der Waals surface area contributed by atoms with E-state index < -0.39 is 17.8 Å². The fourth-order valence-corrected chi connectivity index (χ4v) is 1.61. The van der Waals surface area contributed by atoms with Gasteiger partial charge in [-0.05, 0) is 27.6 Å². The Morgan fingerprint density at radius 1 is 1.67 bits per heavy atom. The summed E-state index contributed by atoms with van der Waals surface area (Å²) in [5, 5.41) is 0. The van der Waals surface area contributed by atoms with Crippen molar-refractivity contribution in [2.45, 2.75) is 12.5 Å². The Labute approximate surface area is 99.6 Å². The van der Waals surface area contributed by atoms with Gasteiger partial charge in [-0.2, -0.15) is 0 Å². The summed E-state index contributed by atoms with van der Waals surface area (Å²) in [5.74, 6) is -1.22. The van der Waals surface area contributed by atoms with E-state index in [0.717, 1.165) is 0 Å². The van der Waals surface area contributed by atoms with E-state index in [2.05, 4.69) is 20.2 Å². The van der Waals surface area contributed by atoms with Gasteiger partial charge in [-0.1, -0.05) is 12.1 Å². The van der Waals surface area contributed by atoms with E-state index in [1.54, 1.807) is 18.2 Å². The molecule has 1 rings (SSSR count). The fourth-order valence-electron chi connectivity index (χ4n) is 1.08. The molecule has 0 radical (unpaired) electrons. The second-order valence-electron chi connectivity index (χ2n) is 2.92. The van der Waals surface area contributed by atoms with Crippen LogP contribution in [-0.4, -0.2) is 12.0 Å². The number of rotatable bonds is 3. The second kappa shape index (κ2) is 5.44. The third-order valence-corrected chi connectivity index (χ3v) is 2.61. The van der Waals surface area contributed by atoms with Gasteiger partial charge < -0.3 is 10.0 Å². The minimum Gasteiger partial charge on any atom is -0.346 e. The summed E-state index contributed by atoms with van der Waals surface area (Å²) >= 11 is 7.88. The maximum atomic E-state index is 13.4. The summed E-state index contributed by atoms with van der Waals surface area (Å²) in [7, 11) is 0. The highest BCUT2D eigenvalue weighted by Crippen LogP contribution is 2.19. The van der Waals surface area contributed by atoms with Gasteiger partial charge in [0.2, 0.25) is 0 Å². The Kier molecular flexibility index (Phi) is 4.50. The molecule has 0 aromatic heterocycles. The number of halogens is 3. The van der Waals surface area contributed by atoms with E-state index in [9.17, 15) is 9.18 Å². The Balaban J connectivity index is 2.81. The molecule has 0 saturated heterocycles. The first-order valence-electron chi connectivity index (χ1n) is 4.07. The van der Waals surface area contributed by atoms with Crippen LogP contribution in [0.2, 0.25) is 0 Å². The van der Waals surface area contributed by atoms with Crippen molar-refractivity contribution >= 4 is 33.8 Å². The third-order valence-electron chi connectivity index (χ3n) is 1.85. The van der Waals surface area contributed by atoms with Crippen LogP contribution < -0.4 is 5.73 Å². The third kappa shape index (κ3) is 3.15. The van der Waals surface area contributed by atoms with Crippen LogP contribution in [0.25, 0.3) is 0 Å². The zero-order valence-corrected chi connectivity index (χ0v) is 9.89. The largest absolute Gasteiger partial charge is 0.346 e. The molecule has 1 aromatic rings. The van der Waals surface area contributed by atoms with Crippen LogP contribution in [0.5, 0.6) is 0 Å². The molecule has 82 valence electrons. The molecule has 0 aliphatic heterocycles. The van der Waals surface area contributed by atoms with Gasteiger partial charge in [0.05, 0.1) is 4.47 Å². The van der Waals surface area contributed by atoms with Crippen molar-refractivity contribution in [3.05, 3.63) is 34.1 Å². The molecule has 0 saturated carbocycles. The van der Waals surface area contributed by atoms with Crippen molar-refractivity contribution < 1.29 is 13.5 Å². The molecular weight excluding hydrogens is 288 g/mol. The lowest BCUT2D eigenvalue weighted by molar-refractivity contribution is -0.135. The zero-order valence-electron chi connectivity index (χ0n) is 7.54. The summed E-state index contributed by atoms with van der Waals surface area (Å²) in [5.41, 5.74) is 5.77. The molecular formula is C9H8BrClFNO2. The lowest BCUT2D eigenvalue weighted by Gasteiger charge is -2.09. The molecule has 1 atom stereocenters. The molecule has 0 bridgehead atoms. The lowest BCUT2D eigenvalue weighted by atomic mass is 10.1. The lowest BCUT2D eigenvalue weighted by Crippen LogP contribution is -2.33. The molecule has 0 aliphatic rings. The molecule has 0 aliphatic carbocycles. The molecule has 6 heteroatoms. The van der Waals surface area contributed by atoms with Crippen LogP contribution in [0.3, 0.4) is 0 Å². The van der Waals surface area contributed by atoms with Crippen molar-refractivity contribution in [3.63, 3.8) is 0 Å². The highest BCUT2D eigenvalue weighted by molar-refractivity contribution is 9.10. The Morgan fingerprint density at radius 3 is 2.93 bits per heavy atom. The zero-order chi connectivity index (χ0) is 11.4. The van der Waals surface area contributed by atoms with E-state index in [1.807, 2.05) is 0 Å². The monoisotopic (exact) mass is 295 g/mol. The molecule has 0 fully saturated rings. The summed E-state index contributed by atoms with van der Waals surface area (Å²) in [4.78, 5) is 10.9. The van der Waals surface area contributed by atoms with Crippen molar-refractivity contribution in [2.75, 3.05) is 0 Å². The van der Waals surface area contributed by atoms with Gasteiger partial charge in [0.15, 0.2) is 0 Å². The summed E-state index contributed by atoms with van der Waals surface area (Å²) in [6.07, 6.45) is 0.0385. The van der Waals surface area contributed by atoms with Crippen molar-refractivity contribution in [3.8, 4) is 0 Å². The normalized spacial score (nSPS) is 12.3. The number of benzene rings is 1. The maximum absolute atomic E-state index is 13.4. The van der Waals surface area contributed by atoms with Crippen LogP contribution in [-0.2, 0) is 15.5 Å². The van der Waals surface area contributed by atoms with E-state index in [1.165, 1.54) is 0 Å².